The number of carbonyl (C=O) groups is 2. The van der Waals surface area contributed by atoms with E-state index < -0.39 is 35.4 Å². The van der Waals surface area contributed by atoms with Gasteiger partial charge in [-0.3, -0.25) is 4.79 Å². The summed E-state index contributed by atoms with van der Waals surface area (Å²) in [6, 6.07) is 11.1. The zero-order valence-corrected chi connectivity index (χ0v) is 19.4. The lowest BCUT2D eigenvalue weighted by molar-refractivity contribution is -0.144. The Hall–Kier alpha value is -3.89. The molecule has 2 N–H and O–H groups in total. The highest BCUT2D eigenvalue weighted by molar-refractivity contribution is 5.85. The molecule has 7 nitrogen and oxygen atoms in total. The first-order valence-corrected chi connectivity index (χ1v) is 11.1. The average Bonchev–Trinajstić information content (AvgIpc) is 2.83. The van der Waals surface area contributed by atoms with Crippen molar-refractivity contribution in [3.8, 4) is 5.75 Å². The van der Waals surface area contributed by atoms with Crippen LogP contribution in [0.5, 0.6) is 5.75 Å². The number of amides is 2. The summed E-state index contributed by atoms with van der Waals surface area (Å²) >= 11 is 0. The molecule has 0 spiro atoms. The summed E-state index contributed by atoms with van der Waals surface area (Å²) in [4.78, 5) is 29.1. The quantitative estimate of drug-likeness (QED) is 0.321. The maximum absolute atomic E-state index is 13.4. The second-order valence-electron chi connectivity index (χ2n) is 8.08. The van der Waals surface area contributed by atoms with Crippen molar-refractivity contribution in [1.29, 1.82) is 0 Å². The average molecular weight is 507 g/mol. The number of nitrogens with zero attached hydrogens (tertiary/aromatic N) is 2. The van der Waals surface area contributed by atoms with Gasteiger partial charge in [-0.25, -0.2) is 14.2 Å². The normalized spacial score (nSPS) is 11.4. The molecule has 0 fully saturated rings. The summed E-state index contributed by atoms with van der Waals surface area (Å²) in [6.45, 7) is -0.0975. The fraction of sp³-hybridized carbons (Fsp3) is 0.320. The van der Waals surface area contributed by atoms with Crippen LogP contribution in [-0.4, -0.2) is 47.2 Å². The summed E-state index contributed by atoms with van der Waals surface area (Å²) in [7, 11) is 1.47. The molecule has 2 aromatic carbocycles. The van der Waals surface area contributed by atoms with Gasteiger partial charge in [0, 0.05) is 36.7 Å². The van der Waals surface area contributed by atoms with Crippen molar-refractivity contribution in [2.24, 2.45) is 0 Å². The Bertz CT molecular complexity index is 1230. The van der Waals surface area contributed by atoms with E-state index in [2.05, 4.69) is 10.3 Å². The van der Waals surface area contributed by atoms with E-state index >= 15 is 0 Å². The number of aromatic nitrogens is 1. The lowest BCUT2D eigenvalue weighted by Crippen LogP contribution is -2.38. The maximum Gasteiger partial charge on any atom is 0.433 e. The number of para-hydroxylation sites is 1. The number of pyridine rings is 1. The number of alkyl halides is 3. The zero-order chi connectivity index (χ0) is 26.3. The van der Waals surface area contributed by atoms with Crippen LogP contribution in [0, 0.1) is 5.82 Å². The van der Waals surface area contributed by atoms with Gasteiger partial charge in [0.05, 0.1) is 6.54 Å². The molecule has 192 valence electrons. The second kappa shape index (κ2) is 11.7. The second-order valence-corrected chi connectivity index (χ2v) is 8.08. The zero-order valence-electron chi connectivity index (χ0n) is 19.4. The van der Waals surface area contributed by atoms with E-state index in [0.29, 0.717) is 5.39 Å². The molecule has 2 amide bonds. The number of likely N-dealkylation sites (N-methyl/N-ethyl adjacent to an activating group) is 1. The minimum Gasteiger partial charge on any atom is -0.505 e. The first-order valence-electron chi connectivity index (χ1n) is 11.1. The SMILES string of the molecule is CN(CCOC(=O)CCCc1cc2ccccc2c(C(F)(F)F)n1)C(=O)NCc1cccc(F)c1O. The number of hydrogen-bond donors (Lipinski definition) is 2. The number of carbonyl (C=O) groups excluding carboxylic acids is 2. The van der Waals surface area contributed by atoms with E-state index in [1.165, 1.54) is 36.2 Å². The number of benzene rings is 2. The molecule has 0 atom stereocenters. The number of fused-ring (bicyclic) bond motifs is 1. The molecule has 0 saturated heterocycles. The minimum atomic E-state index is -4.59. The van der Waals surface area contributed by atoms with Gasteiger partial charge in [0.25, 0.3) is 0 Å². The van der Waals surface area contributed by atoms with Crippen LogP contribution in [0.2, 0.25) is 0 Å². The number of phenols is 1. The summed E-state index contributed by atoms with van der Waals surface area (Å²) in [5.41, 5.74) is -0.506. The van der Waals surface area contributed by atoms with Crippen molar-refractivity contribution >= 4 is 22.8 Å². The molecule has 0 aliphatic heterocycles. The van der Waals surface area contributed by atoms with E-state index in [9.17, 15) is 32.3 Å². The van der Waals surface area contributed by atoms with Gasteiger partial charge in [-0.2, -0.15) is 13.2 Å². The van der Waals surface area contributed by atoms with Crippen molar-refractivity contribution in [1.82, 2.24) is 15.2 Å². The van der Waals surface area contributed by atoms with Crippen LogP contribution in [0.3, 0.4) is 0 Å². The van der Waals surface area contributed by atoms with Crippen LogP contribution in [0.15, 0.2) is 48.5 Å². The molecule has 0 radical (unpaired) electrons. The minimum absolute atomic E-state index is 0.0223. The molecular formula is C25H25F4N3O4. The van der Waals surface area contributed by atoms with Crippen LogP contribution < -0.4 is 5.32 Å². The van der Waals surface area contributed by atoms with Gasteiger partial charge in [0.15, 0.2) is 17.3 Å². The van der Waals surface area contributed by atoms with Crippen molar-refractivity contribution in [3.63, 3.8) is 0 Å². The number of nitrogens with one attached hydrogen (secondary N) is 1. The van der Waals surface area contributed by atoms with Gasteiger partial charge in [-0.1, -0.05) is 36.4 Å². The standard InChI is InChI=1S/C25H25F4N3O4/c1-32(24(35)30-15-17-7-4-10-20(26)22(17)34)12-13-36-21(33)11-5-8-18-14-16-6-2-3-9-19(16)23(31-18)25(27,28)29/h2-4,6-7,9-10,14,34H,5,8,11-13,15H2,1H3,(H,30,35). The largest absolute Gasteiger partial charge is 0.505 e. The molecule has 0 unspecified atom stereocenters. The van der Waals surface area contributed by atoms with Crippen molar-refractivity contribution < 1.29 is 37.0 Å². The Kier molecular flexibility index (Phi) is 8.68. The number of esters is 1. The smallest absolute Gasteiger partial charge is 0.433 e. The third-order valence-corrected chi connectivity index (χ3v) is 5.41. The molecule has 1 aromatic heterocycles. The maximum atomic E-state index is 13.4. The lowest BCUT2D eigenvalue weighted by Gasteiger charge is -2.18. The Morgan fingerprint density at radius 3 is 2.64 bits per heavy atom. The molecule has 0 saturated carbocycles. The molecule has 3 rings (SSSR count). The van der Waals surface area contributed by atoms with Gasteiger partial charge in [-0.15, -0.1) is 0 Å². The van der Waals surface area contributed by atoms with Crippen molar-refractivity contribution in [3.05, 3.63) is 71.3 Å². The number of aryl methyl sites for hydroxylation is 1. The van der Waals surface area contributed by atoms with Crippen LogP contribution in [0.1, 0.15) is 29.8 Å². The van der Waals surface area contributed by atoms with Gasteiger partial charge in [-0.05, 0) is 30.4 Å². The first-order chi connectivity index (χ1) is 17.1. The lowest BCUT2D eigenvalue weighted by atomic mass is 10.1. The molecule has 11 heteroatoms. The molecule has 0 aliphatic carbocycles. The van der Waals surface area contributed by atoms with Crippen LogP contribution >= 0.6 is 0 Å². The highest BCUT2D eigenvalue weighted by Crippen LogP contribution is 2.33. The highest BCUT2D eigenvalue weighted by Gasteiger charge is 2.34. The topological polar surface area (TPSA) is 91.8 Å². The van der Waals surface area contributed by atoms with Gasteiger partial charge < -0.3 is 20.1 Å². The van der Waals surface area contributed by atoms with Crippen LogP contribution in [-0.2, 0) is 28.7 Å². The summed E-state index contributed by atoms with van der Waals surface area (Å²) in [5.74, 6) is -1.88. The Morgan fingerprint density at radius 2 is 1.89 bits per heavy atom. The van der Waals surface area contributed by atoms with E-state index in [4.69, 9.17) is 4.74 Å². The summed E-state index contributed by atoms with van der Waals surface area (Å²) in [5, 5.41) is 12.6. The van der Waals surface area contributed by atoms with Crippen molar-refractivity contribution in [2.45, 2.75) is 32.0 Å². The monoisotopic (exact) mass is 507 g/mol. The molecule has 0 bridgehead atoms. The van der Waals surface area contributed by atoms with Gasteiger partial charge in [0.1, 0.15) is 6.61 Å². The molecule has 1 heterocycles. The van der Waals surface area contributed by atoms with Crippen molar-refractivity contribution in [2.75, 3.05) is 20.2 Å². The predicted octanol–water partition coefficient (Wildman–Crippen LogP) is 4.81. The van der Waals surface area contributed by atoms with E-state index in [0.717, 1.165) is 6.07 Å². The fourth-order valence-corrected chi connectivity index (χ4v) is 3.49. The van der Waals surface area contributed by atoms with Crippen LogP contribution in [0.25, 0.3) is 10.8 Å². The van der Waals surface area contributed by atoms with E-state index in [1.807, 2.05) is 0 Å². The number of urea groups is 1. The number of phenolic OH excluding ortho intramolecular Hbond substituents is 1. The number of halogens is 4. The Balaban J connectivity index is 1.41. The van der Waals surface area contributed by atoms with Crippen LogP contribution in [0.4, 0.5) is 22.4 Å². The highest BCUT2D eigenvalue weighted by atomic mass is 19.4. The molecular weight excluding hydrogens is 482 g/mol. The van der Waals surface area contributed by atoms with E-state index in [-0.39, 0.29) is 55.6 Å². The molecule has 36 heavy (non-hydrogen) atoms. The molecule has 0 aliphatic rings. The third kappa shape index (κ3) is 7.06. The number of aromatic hydroxyl groups is 1. The number of rotatable bonds is 9. The summed E-state index contributed by atoms with van der Waals surface area (Å²) < 4.78 is 58.6. The third-order valence-electron chi connectivity index (χ3n) is 5.41. The predicted molar refractivity (Wildman–Crippen MR) is 124 cm³/mol. The number of ether oxygens (including phenoxy) is 1. The van der Waals surface area contributed by atoms with Gasteiger partial charge >= 0.3 is 18.2 Å². The van der Waals surface area contributed by atoms with E-state index in [1.54, 1.807) is 18.2 Å². The first kappa shape index (κ1) is 26.7. The Labute approximate surface area is 204 Å². The molecule has 3 aromatic rings. The summed E-state index contributed by atoms with van der Waals surface area (Å²) in [6.07, 6.45) is -4.21. The number of hydrogen-bond acceptors (Lipinski definition) is 5. The Morgan fingerprint density at radius 1 is 1.14 bits per heavy atom. The fourth-order valence-electron chi connectivity index (χ4n) is 3.49. The van der Waals surface area contributed by atoms with Gasteiger partial charge in [0.2, 0.25) is 0 Å².